The smallest absolute Gasteiger partial charge is 0.220 e. The van der Waals surface area contributed by atoms with Crippen molar-refractivity contribution < 1.29 is 18.6 Å². The molecule has 1 saturated heterocycles. The van der Waals surface area contributed by atoms with E-state index in [0.717, 1.165) is 72.1 Å². The van der Waals surface area contributed by atoms with Crippen molar-refractivity contribution in [2.75, 3.05) is 13.2 Å². The fourth-order valence-corrected chi connectivity index (χ4v) is 7.34. The van der Waals surface area contributed by atoms with Crippen LogP contribution in [-0.4, -0.2) is 40.1 Å². The first kappa shape index (κ1) is 23.5. The molecule has 3 atom stereocenters. The van der Waals surface area contributed by atoms with E-state index in [-0.39, 0.29) is 6.10 Å². The summed E-state index contributed by atoms with van der Waals surface area (Å²) in [5.74, 6) is 1.92. The molecule has 3 fully saturated rings. The average Bonchev–Trinajstić information content (AvgIpc) is 3.63. The van der Waals surface area contributed by atoms with Gasteiger partial charge in [-0.1, -0.05) is 25.1 Å². The summed E-state index contributed by atoms with van der Waals surface area (Å²) in [5, 5.41) is 0.933. The van der Waals surface area contributed by atoms with E-state index in [1.165, 1.54) is 12.8 Å². The van der Waals surface area contributed by atoms with E-state index in [4.69, 9.17) is 24.2 Å². The van der Waals surface area contributed by atoms with Gasteiger partial charge in [-0.2, -0.15) is 4.98 Å². The molecule has 3 unspecified atom stereocenters. The Morgan fingerprint density at radius 2 is 1.84 bits per heavy atom. The molecule has 6 nitrogen and oxygen atoms in total. The number of alkyl halides is 1. The molecule has 3 aromatic rings. The summed E-state index contributed by atoms with van der Waals surface area (Å²) in [6.07, 6.45) is 8.53. The largest absolute Gasteiger partial charge is 0.474 e. The summed E-state index contributed by atoms with van der Waals surface area (Å²) >= 11 is 0. The maximum Gasteiger partial charge on any atom is 0.220 e. The van der Waals surface area contributed by atoms with Crippen molar-refractivity contribution in [1.82, 2.24) is 15.0 Å². The number of fused-ring (bicyclic) bond motifs is 4. The number of rotatable bonds is 4. The lowest BCUT2D eigenvalue weighted by Crippen LogP contribution is -2.48. The highest BCUT2D eigenvalue weighted by Gasteiger charge is 2.53. The molecule has 2 aromatic heterocycles. The van der Waals surface area contributed by atoms with Crippen LogP contribution in [0.3, 0.4) is 0 Å². The zero-order chi connectivity index (χ0) is 25.0. The molecule has 0 N–H and O–H groups in total. The predicted octanol–water partition coefficient (Wildman–Crippen LogP) is 6.30. The van der Waals surface area contributed by atoms with Crippen LogP contribution in [0.15, 0.2) is 30.3 Å². The van der Waals surface area contributed by atoms with Crippen LogP contribution < -0.4 is 4.74 Å². The van der Waals surface area contributed by atoms with Gasteiger partial charge in [-0.05, 0) is 63.0 Å². The zero-order valence-electron chi connectivity index (χ0n) is 21.4. The lowest BCUT2D eigenvalue weighted by molar-refractivity contribution is -0.226. The third-order valence-electron chi connectivity index (χ3n) is 9.24. The van der Waals surface area contributed by atoms with Gasteiger partial charge in [-0.15, -0.1) is 0 Å². The second-order valence-corrected chi connectivity index (χ2v) is 11.2. The molecule has 0 amide bonds. The Morgan fingerprint density at radius 1 is 1.03 bits per heavy atom. The standard InChI is InChI=1S/C30H34FN3O3/c1-18-21-10-11-24-27(23(21)12-13-30(18)35-14-15-36-30)33-28(34-29(24)37-20-6-2-3-7-20)25-16-19(17-31)32-26-9-5-4-8-22(25)26/h4-5,8-9,16,18,20-21,23H,2-3,6-7,10-15,17H2,1H3. The Kier molecular flexibility index (Phi) is 5.89. The number of hydrogen-bond acceptors (Lipinski definition) is 6. The zero-order valence-corrected chi connectivity index (χ0v) is 21.4. The molecular weight excluding hydrogens is 469 g/mol. The number of halogens is 1. The van der Waals surface area contributed by atoms with Crippen molar-refractivity contribution in [3.63, 3.8) is 0 Å². The maximum atomic E-state index is 13.8. The highest BCUT2D eigenvalue weighted by Crippen LogP contribution is 2.54. The van der Waals surface area contributed by atoms with Crippen LogP contribution in [0.25, 0.3) is 22.3 Å². The third kappa shape index (κ3) is 3.93. The number of benzene rings is 1. The van der Waals surface area contributed by atoms with Gasteiger partial charge in [-0.25, -0.2) is 14.4 Å². The van der Waals surface area contributed by atoms with E-state index in [0.29, 0.717) is 42.5 Å². The number of nitrogens with zero attached hydrogens (tertiary/aromatic N) is 3. The minimum Gasteiger partial charge on any atom is -0.474 e. The van der Waals surface area contributed by atoms with Crippen molar-refractivity contribution in [3.8, 4) is 17.3 Å². The van der Waals surface area contributed by atoms with Gasteiger partial charge >= 0.3 is 0 Å². The number of ether oxygens (including phenoxy) is 3. The lowest BCUT2D eigenvalue weighted by Gasteiger charge is -2.48. The van der Waals surface area contributed by atoms with Crippen LogP contribution in [0.2, 0.25) is 0 Å². The first-order valence-corrected chi connectivity index (χ1v) is 14.0. The van der Waals surface area contributed by atoms with Gasteiger partial charge in [0.15, 0.2) is 11.6 Å². The molecule has 1 aliphatic heterocycles. The van der Waals surface area contributed by atoms with Crippen LogP contribution in [0.5, 0.6) is 5.88 Å². The molecule has 3 heterocycles. The summed E-state index contributed by atoms with van der Waals surface area (Å²) in [6, 6.07) is 9.66. The second-order valence-electron chi connectivity index (χ2n) is 11.2. The minimum absolute atomic E-state index is 0.203. The van der Waals surface area contributed by atoms with E-state index < -0.39 is 12.5 Å². The molecular formula is C30H34FN3O3. The fraction of sp³-hybridized carbons (Fsp3) is 0.567. The maximum absolute atomic E-state index is 13.8. The van der Waals surface area contributed by atoms with Crippen molar-refractivity contribution in [2.45, 2.75) is 82.8 Å². The summed E-state index contributed by atoms with van der Waals surface area (Å²) in [4.78, 5) is 14.8. The summed E-state index contributed by atoms with van der Waals surface area (Å²) in [7, 11) is 0. The van der Waals surface area contributed by atoms with Crippen molar-refractivity contribution >= 4 is 10.9 Å². The molecule has 4 aliphatic rings. The molecule has 1 aromatic carbocycles. The van der Waals surface area contributed by atoms with Gasteiger partial charge in [0, 0.05) is 34.8 Å². The number of hydrogen-bond donors (Lipinski definition) is 0. The second kappa shape index (κ2) is 9.28. The number of aromatic nitrogens is 3. The van der Waals surface area contributed by atoms with Gasteiger partial charge in [0.05, 0.1) is 30.1 Å². The monoisotopic (exact) mass is 503 g/mol. The molecule has 194 valence electrons. The highest BCUT2D eigenvalue weighted by atomic mass is 19.1. The Bertz CT molecular complexity index is 1320. The Morgan fingerprint density at radius 3 is 2.65 bits per heavy atom. The van der Waals surface area contributed by atoms with Crippen LogP contribution in [0.4, 0.5) is 4.39 Å². The first-order valence-electron chi connectivity index (χ1n) is 14.0. The Balaban J connectivity index is 1.36. The van der Waals surface area contributed by atoms with Gasteiger partial charge in [0.1, 0.15) is 12.8 Å². The van der Waals surface area contributed by atoms with Crippen LogP contribution in [0.1, 0.15) is 74.7 Å². The molecule has 1 spiro atoms. The summed E-state index contributed by atoms with van der Waals surface area (Å²) < 4.78 is 32.8. The van der Waals surface area contributed by atoms with Crippen molar-refractivity contribution in [3.05, 3.63) is 47.3 Å². The van der Waals surface area contributed by atoms with Gasteiger partial charge in [-0.3, -0.25) is 0 Å². The Hall–Kier alpha value is -2.64. The molecule has 7 rings (SSSR count). The van der Waals surface area contributed by atoms with E-state index >= 15 is 0 Å². The summed E-state index contributed by atoms with van der Waals surface area (Å²) in [6.45, 7) is 3.01. The van der Waals surface area contributed by atoms with Gasteiger partial charge in [0.2, 0.25) is 5.88 Å². The predicted molar refractivity (Wildman–Crippen MR) is 138 cm³/mol. The average molecular weight is 504 g/mol. The van der Waals surface area contributed by atoms with E-state index in [1.54, 1.807) is 0 Å². The Labute approximate surface area is 217 Å². The quantitative estimate of drug-likeness (QED) is 0.416. The molecule has 2 saturated carbocycles. The molecule has 7 heteroatoms. The number of para-hydroxylation sites is 1. The topological polar surface area (TPSA) is 66.4 Å². The minimum atomic E-state index is -0.626. The number of pyridine rings is 1. The molecule has 3 aliphatic carbocycles. The summed E-state index contributed by atoms with van der Waals surface area (Å²) in [5.41, 5.74) is 4.25. The van der Waals surface area contributed by atoms with Crippen LogP contribution in [0, 0.1) is 11.8 Å². The van der Waals surface area contributed by atoms with Crippen molar-refractivity contribution in [2.24, 2.45) is 11.8 Å². The van der Waals surface area contributed by atoms with E-state index in [2.05, 4.69) is 11.9 Å². The first-order chi connectivity index (χ1) is 18.1. The normalized spacial score (nSPS) is 26.9. The van der Waals surface area contributed by atoms with E-state index in [9.17, 15) is 4.39 Å². The third-order valence-corrected chi connectivity index (χ3v) is 9.24. The SMILES string of the molecule is CC1C2CCc3c(OC4CCCC4)nc(-c4cc(CF)nc5ccccc45)nc3C2CCC12OCCO2. The van der Waals surface area contributed by atoms with Crippen LogP contribution >= 0.6 is 0 Å². The van der Waals surface area contributed by atoms with Crippen molar-refractivity contribution in [1.29, 1.82) is 0 Å². The highest BCUT2D eigenvalue weighted by molar-refractivity contribution is 5.93. The molecule has 0 bridgehead atoms. The molecule has 0 radical (unpaired) electrons. The van der Waals surface area contributed by atoms with Gasteiger partial charge < -0.3 is 14.2 Å². The lowest BCUT2D eigenvalue weighted by atomic mass is 9.63. The fourth-order valence-electron chi connectivity index (χ4n) is 7.34. The van der Waals surface area contributed by atoms with E-state index in [1.807, 2.05) is 30.3 Å². The van der Waals surface area contributed by atoms with Gasteiger partial charge in [0.25, 0.3) is 0 Å². The van der Waals surface area contributed by atoms with Crippen LogP contribution in [-0.2, 0) is 22.6 Å². The molecule has 37 heavy (non-hydrogen) atoms.